The number of aromatic amines is 1. The van der Waals surface area contributed by atoms with Gasteiger partial charge in [-0.3, -0.25) is 0 Å². The molecule has 30 valence electrons. The summed E-state index contributed by atoms with van der Waals surface area (Å²) in [6.45, 7) is 0. The van der Waals surface area contributed by atoms with Gasteiger partial charge in [0.05, 0.1) is 12.4 Å². The fourth-order valence-corrected chi connectivity index (χ4v) is 0.167. The number of aromatic nitrogens is 3. The molecule has 0 aliphatic heterocycles. The topological polar surface area (TPSA) is 41.6 Å². The van der Waals surface area contributed by atoms with Crippen molar-refractivity contribution in [2.24, 2.45) is 0 Å². The average molecular weight is 95.4 g/mol. The second-order valence-corrected chi connectivity index (χ2v) is 0.656. The van der Waals surface area contributed by atoms with Gasteiger partial charge >= 0.3 is 23.1 Å². The van der Waals surface area contributed by atoms with E-state index in [1.54, 1.807) is 12.4 Å². The van der Waals surface area contributed by atoms with Crippen LogP contribution in [-0.4, -0.2) is 38.5 Å². The molecule has 0 radical (unpaired) electrons. The third-order valence-electron chi connectivity index (χ3n) is 0.331. The zero-order chi connectivity index (χ0) is 3.54. The van der Waals surface area contributed by atoms with Gasteiger partial charge in [-0.25, -0.2) is 0 Å². The molecule has 0 spiro atoms. The summed E-state index contributed by atoms with van der Waals surface area (Å²) in [6.07, 6.45) is 3.17. The van der Waals surface area contributed by atoms with Crippen molar-refractivity contribution >= 4 is 23.1 Å². The smallest absolute Gasteiger partial charge is 1.00 e. The predicted molar refractivity (Wildman–Crippen MR) is 24.4 cm³/mol. The van der Waals surface area contributed by atoms with E-state index in [9.17, 15) is 0 Å². The van der Waals surface area contributed by atoms with Gasteiger partial charge in [-0.15, -0.1) is 0 Å². The molecular weight excluding hydrogens is 90.3 g/mol. The summed E-state index contributed by atoms with van der Waals surface area (Å²) in [5.41, 5.74) is 0. The Labute approximate surface area is 54.3 Å². The van der Waals surface area contributed by atoms with Crippen LogP contribution in [0.1, 0.15) is 2.85 Å². The van der Waals surface area contributed by atoms with Crippen molar-refractivity contribution in [3.05, 3.63) is 12.4 Å². The molecule has 0 amide bonds. The van der Waals surface area contributed by atoms with Crippen LogP contribution in [0.25, 0.3) is 0 Å². The summed E-state index contributed by atoms with van der Waals surface area (Å²) >= 11 is 0. The van der Waals surface area contributed by atoms with Crippen molar-refractivity contribution < 1.29 is 2.85 Å². The molecule has 0 atom stereocenters. The zero-order valence-corrected chi connectivity index (χ0v) is 4.67. The molecule has 0 saturated carbocycles. The van der Waals surface area contributed by atoms with Gasteiger partial charge in [0, 0.05) is 0 Å². The van der Waals surface area contributed by atoms with E-state index >= 15 is 0 Å². The molecule has 0 unspecified atom stereocenters. The quantitative estimate of drug-likeness (QED) is 0.448. The minimum absolute atomic E-state index is 0. The van der Waals surface area contributed by atoms with Crippen molar-refractivity contribution in [2.45, 2.75) is 0 Å². The number of nitrogens with one attached hydrogen (secondary N) is 1. The molecule has 0 fully saturated rings. The maximum atomic E-state index is 3.49. The van der Waals surface area contributed by atoms with Gasteiger partial charge in [-0.1, -0.05) is 0 Å². The molecule has 1 aromatic heterocycles. The van der Waals surface area contributed by atoms with Crippen LogP contribution in [0.4, 0.5) is 0 Å². The molecule has 0 bridgehead atoms. The van der Waals surface area contributed by atoms with Gasteiger partial charge in [0.25, 0.3) is 0 Å². The van der Waals surface area contributed by atoms with Crippen molar-refractivity contribution in [1.82, 2.24) is 15.4 Å². The summed E-state index contributed by atoms with van der Waals surface area (Å²) in [5.74, 6) is 0. The number of rotatable bonds is 0. The maximum Gasteiger partial charge on any atom is 2.00 e. The molecule has 1 heterocycles. The van der Waals surface area contributed by atoms with E-state index in [1.165, 1.54) is 0 Å². The van der Waals surface area contributed by atoms with Crippen molar-refractivity contribution in [2.75, 3.05) is 0 Å². The van der Waals surface area contributed by atoms with E-state index in [4.69, 9.17) is 0 Å². The summed E-state index contributed by atoms with van der Waals surface area (Å²) in [5, 5.41) is 9.33. The molecule has 1 rings (SSSR count). The van der Waals surface area contributed by atoms with Crippen LogP contribution in [0.3, 0.4) is 0 Å². The van der Waals surface area contributed by atoms with Gasteiger partial charge in [0.15, 0.2) is 0 Å². The van der Waals surface area contributed by atoms with E-state index in [0.717, 1.165) is 0 Å². The van der Waals surface area contributed by atoms with Crippen LogP contribution in [-0.2, 0) is 0 Å². The SMILES string of the molecule is [H-].[H-].[Mg+2].c1cn[nH]n1. The standard InChI is InChI=1S/C2H3N3.Mg.2H/c1-2-4-5-3-1;;;/h1-2H,(H,3,4,5);;;/q;+2;2*-1. The van der Waals surface area contributed by atoms with E-state index in [2.05, 4.69) is 15.4 Å². The summed E-state index contributed by atoms with van der Waals surface area (Å²) in [7, 11) is 0. The monoisotopic (exact) mass is 95.0 g/mol. The van der Waals surface area contributed by atoms with Gasteiger partial charge in [0.1, 0.15) is 0 Å². The Morgan fingerprint density at radius 2 is 1.83 bits per heavy atom. The number of hydrogen-bond donors (Lipinski definition) is 1. The molecule has 3 nitrogen and oxygen atoms in total. The molecule has 0 saturated heterocycles. The van der Waals surface area contributed by atoms with Crippen LogP contribution < -0.4 is 0 Å². The molecule has 0 aliphatic carbocycles. The van der Waals surface area contributed by atoms with E-state index in [-0.39, 0.29) is 25.9 Å². The Morgan fingerprint density at radius 3 is 2.00 bits per heavy atom. The second kappa shape index (κ2) is 3.11. The number of nitrogens with zero attached hydrogens (tertiary/aromatic N) is 2. The number of hydrogen-bond acceptors (Lipinski definition) is 2. The summed E-state index contributed by atoms with van der Waals surface area (Å²) < 4.78 is 0. The van der Waals surface area contributed by atoms with Gasteiger partial charge in [-0.2, -0.15) is 15.4 Å². The second-order valence-electron chi connectivity index (χ2n) is 0.656. The van der Waals surface area contributed by atoms with Crippen LogP contribution in [0, 0.1) is 0 Å². The third kappa shape index (κ3) is 1.37. The van der Waals surface area contributed by atoms with Gasteiger partial charge in [0.2, 0.25) is 0 Å². The first-order valence-corrected chi connectivity index (χ1v) is 1.30. The Morgan fingerprint density at radius 1 is 1.33 bits per heavy atom. The van der Waals surface area contributed by atoms with Crippen LogP contribution in [0.2, 0.25) is 0 Å². The first-order valence-electron chi connectivity index (χ1n) is 1.30. The Kier molecular flexibility index (Phi) is 3.06. The Hall–Kier alpha value is -0.0938. The Bertz CT molecular complexity index is 71.8. The number of H-pyrrole nitrogens is 1. The van der Waals surface area contributed by atoms with Crippen molar-refractivity contribution in [1.29, 1.82) is 0 Å². The summed E-state index contributed by atoms with van der Waals surface area (Å²) in [4.78, 5) is 0. The fourth-order valence-electron chi connectivity index (χ4n) is 0.167. The molecule has 0 aromatic carbocycles. The first kappa shape index (κ1) is 5.91. The van der Waals surface area contributed by atoms with Crippen LogP contribution in [0.15, 0.2) is 12.4 Å². The molecule has 1 aromatic rings. The fraction of sp³-hybridized carbons (Fsp3) is 0. The normalized spacial score (nSPS) is 6.67. The molecule has 6 heavy (non-hydrogen) atoms. The van der Waals surface area contributed by atoms with Crippen LogP contribution in [0.5, 0.6) is 0 Å². The summed E-state index contributed by atoms with van der Waals surface area (Å²) in [6, 6.07) is 0. The van der Waals surface area contributed by atoms with Gasteiger partial charge in [-0.05, 0) is 0 Å². The minimum atomic E-state index is 0. The van der Waals surface area contributed by atoms with E-state index < -0.39 is 0 Å². The largest absolute Gasteiger partial charge is 2.00 e. The average Bonchev–Trinajstić information content (AvgIpc) is 1.76. The maximum absolute atomic E-state index is 3.49. The van der Waals surface area contributed by atoms with E-state index in [0.29, 0.717) is 0 Å². The van der Waals surface area contributed by atoms with Crippen molar-refractivity contribution in [3.63, 3.8) is 0 Å². The minimum Gasteiger partial charge on any atom is -1.00 e. The predicted octanol–water partition coefficient (Wildman–Crippen LogP) is -0.351. The molecule has 0 aliphatic rings. The molecular formula is C2H5MgN3. The van der Waals surface area contributed by atoms with E-state index in [1.807, 2.05) is 0 Å². The molecule has 1 N–H and O–H groups in total. The zero-order valence-electron chi connectivity index (χ0n) is 5.26. The third-order valence-corrected chi connectivity index (χ3v) is 0.331. The first-order chi connectivity index (χ1) is 2.50. The Balaban J connectivity index is -0.0000000833. The van der Waals surface area contributed by atoms with Gasteiger partial charge < -0.3 is 2.85 Å². The molecule has 4 heteroatoms. The van der Waals surface area contributed by atoms with Crippen molar-refractivity contribution in [3.8, 4) is 0 Å². The van der Waals surface area contributed by atoms with Crippen LogP contribution >= 0.6 is 0 Å².